The molecule has 0 amide bonds. The second-order valence-corrected chi connectivity index (χ2v) is 5.46. The number of ether oxygens (including phenoxy) is 1. The molecular formula is C11H13NO6S. The molecule has 1 aromatic rings. The Kier molecular flexibility index (Phi) is 4.49. The second kappa shape index (κ2) is 5.70. The summed E-state index contributed by atoms with van der Waals surface area (Å²) in [5, 5.41) is 9.04. The van der Waals surface area contributed by atoms with Crippen LogP contribution in [0.3, 0.4) is 0 Å². The van der Waals surface area contributed by atoms with Gasteiger partial charge in [-0.3, -0.25) is 9.52 Å². The van der Waals surface area contributed by atoms with E-state index >= 15 is 0 Å². The predicted octanol–water partition coefficient (Wildman–Crippen LogP) is 0.608. The normalized spacial score (nSPS) is 10.8. The molecule has 104 valence electrons. The molecule has 1 rings (SSSR count). The number of rotatable bonds is 5. The van der Waals surface area contributed by atoms with Crippen molar-refractivity contribution in [3.63, 3.8) is 0 Å². The number of hydrogen-bond acceptors (Lipinski definition) is 5. The minimum Gasteiger partial charge on any atom is -0.478 e. The van der Waals surface area contributed by atoms with Gasteiger partial charge in [-0.05, 0) is 18.6 Å². The van der Waals surface area contributed by atoms with E-state index in [-0.39, 0.29) is 11.3 Å². The van der Waals surface area contributed by atoms with Gasteiger partial charge in [0.2, 0.25) is 10.0 Å². The van der Waals surface area contributed by atoms with Gasteiger partial charge >= 0.3 is 11.9 Å². The van der Waals surface area contributed by atoms with Crippen LogP contribution in [0.15, 0.2) is 18.2 Å². The molecule has 0 fully saturated rings. The molecular weight excluding hydrogens is 274 g/mol. The van der Waals surface area contributed by atoms with E-state index in [9.17, 15) is 18.0 Å². The molecule has 0 aliphatic heterocycles. The molecule has 0 saturated carbocycles. The molecule has 7 nitrogen and oxygen atoms in total. The molecule has 1 aromatic carbocycles. The lowest BCUT2D eigenvalue weighted by molar-refractivity contribution is -0.137. The Bertz CT molecular complexity index is 608. The van der Waals surface area contributed by atoms with E-state index < -0.39 is 27.7 Å². The van der Waals surface area contributed by atoms with Crippen LogP contribution in [0, 0.1) is 6.92 Å². The average Bonchev–Trinajstić information content (AvgIpc) is 2.26. The van der Waals surface area contributed by atoms with Gasteiger partial charge in [0.25, 0.3) is 0 Å². The van der Waals surface area contributed by atoms with Crippen molar-refractivity contribution >= 4 is 27.6 Å². The first-order valence-electron chi connectivity index (χ1n) is 5.17. The molecule has 19 heavy (non-hydrogen) atoms. The predicted molar refractivity (Wildman–Crippen MR) is 67.6 cm³/mol. The SMILES string of the molecule is COC(=O)CS(=O)(=O)Nc1cccc(C)c1C(=O)O. The van der Waals surface area contributed by atoms with E-state index in [1.165, 1.54) is 12.1 Å². The monoisotopic (exact) mass is 287 g/mol. The third kappa shape index (κ3) is 3.95. The summed E-state index contributed by atoms with van der Waals surface area (Å²) in [4.78, 5) is 22.0. The van der Waals surface area contributed by atoms with E-state index in [0.717, 1.165) is 7.11 Å². The third-order valence-corrected chi connectivity index (χ3v) is 3.43. The first kappa shape index (κ1) is 15.0. The van der Waals surface area contributed by atoms with Crippen molar-refractivity contribution in [2.75, 3.05) is 17.6 Å². The number of methoxy groups -OCH3 is 1. The highest BCUT2D eigenvalue weighted by Gasteiger charge is 2.21. The summed E-state index contributed by atoms with van der Waals surface area (Å²) in [7, 11) is -2.94. The van der Waals surface area contributed by atoms with Crippen LogP contribution in [-0.4, -0.2) is 38.3 Å². The Hall–Kier alpha value is -2.09. The van der Waals surface area contributed by atoms with Crippen LogP contribution in [0.25, 0.3) is 0 Å². The van der Waals surface area contributed by atoms with Crippen LogP contribution in [0.2, 0.25) is 0 Å². The van der Waals surface area contributed by atoms with Gasteiger partial charge < -0.3 is 9.84 Å². The topological polar surface area (TPSA) is 110 Å². The second-order valence-electron chi connectivity index (χ2n) is 3.74. The fourth-order valence-corrected chi connectivity index (χ4v) is 2.46. The summed E-state index contributed by atoms with van der Waals surface area (Å²) in [6.45, 7) is 1.54. The standard InChI is InChI=1S/C11H13NO6S/c1-7-4-3-5-8(10(7)11(14)15)12-19(16,17)6-9(13)18-2/h3-5,12H,6H2,1-2H3,(H,14,15). The van der Waals surface area contributed by atoms with Gasteiger partial charge in [0.1, 0.15) is 0 Å². The molecule has 0 unspecified atom stereocenters. The maximum Gasteiger partial charge on any atom is 0.338 e. The number of sulfonamides is 1. The van der Waals surface area contributed by atoms with Crippen molar-refractivity contribution in [2.24, 2.45) is 0 Å². The van der Waals surface area contributed by atoms with E-state index in [4.69, 9.17) is 5.11 Å². The van der Waals surface area contributed by atoms with Crippen molar-refractivity contribution in [3.05, 3.63) is 29.3 Å². The maximum absolute atomic E-state index is 11.7. The van der Waals surface area contributed by atoms with Gasteiger partial charge in [-0.2, -0.15) is 0 Å². The highest BCUT2D eigenvalue weighted by atomic mass is 32.2. The quantitative estimate of drug-likeness (QED) is 0.768. The van der Waals surface area contributed by atoms with Crippen LogP contribution in [0.1, 0.15) is 15.9 Å². The number of carbonyl (C=O) groups excluding carboxylic acids is 1. The van der Waals surface area contributed by atoms with Crippen molar-refractivity contribution in [1.29, 1.82) is 0 Å². The molecule has 0 radical (unpaired) electrons. The molecule has 0 saturated heterocycles. The van der Waals surface area contributed by atoms with Gasteiger partial charge in [-0.1, -0.05) is 12.1 Å². The summed E-state index contributed by atoms with van der Waals surface area (Å²) < 4.78 is 29.6. The lowest BCUT2D eigenvalue weighted by atomic mass is 10.1. The Labute approximate surface area is 110 Å². The van der Waals surface area contributed by atoms with Gasteiger partial charge in [-0.25, -0.2) is 13.2 Å². The van der Waals surface area contributed by atoms with Crippen molar-refractivity contribution in [1.82, 2.24) is 0 Å². The first-order chi connectivity index (χ1) is 8.76. The Morgan fingerprint density at radius 3 is 2.53 bits per heavy atom. The van der Waals surface area contributed by atoms with Gasteiger partial charge in [-0.15, -0.1) is 0 Å². The lowest BCUT2D eigenvalue weighted by Gasteiger charge is -2.11. The zero-order valence-corrected chi connectivity index (χ0v) is 11.2. The van der Waals surface area contributed by atoms with Gasteiger partial charge in [0.15, 0.2) is 5.75 Å². The molecule has 0 bridgehead atoms. The average molecular weight is 287 g/mol. The van der Waals surface area contributed by atoms with E-state index in [1.54, 1.807) is 13.0 Å². The third-order valence-electron chi connectivity index (χ3n) is 2.29. The van der Waals surface area contributed by atoms with Crippen molar-refractivity contribution in [2.45, 2.75) is 6.92 Å². The van der Waals surface area contributed by atoms with Crippen LogP contribution < -0.4 is 4.72 Å². The highest BCUT2D eigenvalue weighted by molar-refractivity contribution is 7.93. The fraction of sp³-hybridized carbons (Fsp3) is 0.273. The van der Waals surface area contributed by atoms with Crippen LogP contribution in [-0.2, 0) is 19.6 Å². The molecule has 0 aliphatic rings. The van der Waals surface area contributed by atoms with Crippen LogP contribution >= 0.6 is 0 Å². The molecule has 0 heterocycles. The highest BCUT2D eigenvalue weighted by Crippen LogP contribution is 2.20. The number of anilines is 1. The number of nitrogens with one attached hydrogen (secondary N) is 1. The Morgan fingerprint density at radius 1 is 1.37 bits per heavy atom. The van der Waals surface area contributed by atoms with Crippen molar-refractivity contribution in [3.8, 4) is 0 Å². The summed E-state index contributed by atoms with van der Waals surface area (Å²) >= 11 is 0. The number of carboxylic acids is 1. The lowest BCUT2D eigenvalue weighted by Crippen LogP contribution is -2.24. The number of carboxylic acid groups (broad SMARTS) is 1. The number of aryl methyl sites for hydroxylation is 1. The first-order valence-corrected chi connectivity index (χ1v) is 6.82. The number of benzene rings is 1. The molecule has 8 heteroatoms. The molecule has 0 aliphatic carbocycles. The molecule has 0 atom stereocenters. The molecule has 2 N–H and O–H groups in total. The number of carbonyl (C=O) groups is 2. The van der Waals surface area contributed by atoms with Gasteiger partial charge in [0.05, 0.1) is 18.4 Å². The van der Waals surface area contributed by atoms with Crippen LogP contribution in [0.4, 0.5) is 5.69 Å². The van der Waals surface area contributed by atoms with Crippen molar-refractivity contribution < 1.29 is 27.9 Å². The summed E-state index contributed by atoms with van der Waals surface area (Å²) in [6.07, 6.45) is 0. The Balaban J connectivity index is 3.10. The number of aromatic carboxylic acids is 1. The summed E-state index contributed by atoms with van der Waals surface area (Å²) in [5.74, 6) is -3.07. The Morgan fingerprint density at radius 2 is 2.00 bits per heavy atom. The maximum atomic E-state index is 11.7. The molecule has 0 aromatic heterocycles. The minimum atomic E-state index is -4.01. The largest absolute Gasteiger partial charge is 0.478 e. The van der Waals surface area contributed by atoms with Gasteiger partial charge in [0, 0.05) is 0 Å². The van der Waals surface area contributed by atoms with Crippen LogP contribution in [0.5, 0.6) is 0 Å². The summed E-state index contributed by atoms with van der Waals surface area (Å²) in [6, 6.07) is 4.37. The summed E-state index contributed by atoms with van der Waals surface area (Å²) in [5.41, 5.74) is 0.165. The zero-order valence-electron chi connectivity index (χ0n) is 10.3. The smallest absolute Gasteiger partial charge is 0.338 e. The number of hydrogen-bond donors (Lipinski definition) is 2. The zero-order chi connectivity index (χ0) is 14.6. The fourth-order valence-electron chi connectivity index (χ4n) is 1.45. The number of esters is 1. The van der Waals surface area contributed by atoms with E-state index in [1.807, 2.05) is 0 Å². The van der Waals surface area contributed by atoms with E-state index in [2.05, 4.69) is 9.46 Å². The molecule has 0 spiro atoms. The minimum absolute atomic E-state index is 0.0867. The van der Waals surface area contributed by atoms with E-state index in [0.29, 0.717) is 5.56 Å².